The molecule has 0 amide bonds. The van der Waals surface area contributed by atoms with Gasteiger partial charge in [-0.15, -0.1) is 13.2 Å². The maximum atomic E-state index is 12.5. The van der Waals surface area contributed by atoms with Crippen molar-refractivity contribution in [2.45, 2.75) is 12.9 Å². The third-order valence-corrected chi connectivity index (χ3v) is 3.32. The van der Waals surface area contributed by atoms with Gasteiger partial charge in [-0.2, -0.15) is 10.1 Å². The van der Waals surface area contributed by atoms with Crippen LogP contribution in [0.2, 0.25) is 0 Å². The molecule has 2 aromatic rings. The van der Waals surface area contributed by atoms with Gasteiger partial charge in [-0.05, 0) is 18.3 Å². The smallest absolute Gasteiger partial charge is 0.405 e. The van der Waals surface area contributed by atoms with Gasteiger partial charge in [-0.3, -0.25) is 5.43 Å². The largest absolute Gasteiger partial charge is 0.573 e. The molecule has 4 N–H and O–H groups in total. The molecule has 0 aliphatic heterocycles. The molecule has 0 unspecified atom stereocenters. The van der Waals surface area contributed by atoms with E-state index in [1.165, 1.54) is 30.6 Å². The van der Waals surface area contributed by atoms with Gasteiger partial charge < -0.3 is 20.7 Å². The lowest BCUT2D eigenvalue weighted by Crippen LogP contribution is -2.24. The fourth-order valence-electron chi connectivity index (χ4n) is 2.13. The zero-order valence-corrected chi connectivity index (χ0v) is 15.8. The summed E-state index contributed by atoms with van der Waals surface area (Å²) in [5.74, 6) is 0.471. The van der Waals surface area contributed by atoms with Crippen molar-refractivity contribution in [1.29, 1.82) is 0 Å². The van der Waals surface area contributed by atoms with Gasteiger partial charge in [0.25, 0.3) is 0 Å². The number of para-hydroxylation sites is 1. The van der Waals surface area contributed by atoms with Crippen LogP contribution in [0, 0.1) is 0 Å². The Balaban J connectivity index is 2.16. The average Bonchev–Trinajstić information content (AvgIpc) is 2.60. The number of nitrogens with zero attached hydrogens (tertiary/aromatic N) is 4. The van der Waals surface area contributed by atoms with Crippen LogP contribution in [0.4, 0.5) is 24.9 Å². The Labute approximate surface area is 164 Å². The highest BCUT2D eigenvalue weighted by atomic mass is 32.1. The molecular formula is C16H18F3N7OS. The normalized spacial score (nSPS) is 11.3. The van der Waals surface area contributed by atoms with Gasteiger partial charge in [-0.1, -0.05) is 18.2 Å². The molecule has 0 radical (unpaired) electrons. The minimum Gasteiger partial charge on any atom is -0.405 e. The van der Waals surface area contributed by atoms with Gasteiger partial charge in [0.2, 0.25) is 5.95 Å². The van der Waals surface area contributed by atoms with Crippen molar-refractivity contribution < 1.29 is 17.9 Å². The van der Waals surface area contributed by atoms with Gasteiger partial charge >= 0.3 is 6.36 Å². The third kappa shape index (κ3) is 6.54. The average molecular weight is 413 g/mol. The van der Waals surface area contributed by atoms with E-state index in [1.807, 2.05) is 0 Å². The first-order valence-electron chi connectivity index (χ1n) is 7.86. The summed E-state index contributed by atoms with van der Waals surface area (Å²) in [6.07, 6.45) is -1.82. The van der Waals surface area contributed by atoms with Crippen molar-refractivity contribution >= 4 is 35.3 Å². The lowest BCUT2D eigenvalue weighted by molar-refractivity contribution is -0.274. The number of nitrogens with two attached hydrogens (primary N) is 1. The van der Waals surface area contributed by atoms with Crippen LogP contribution >= 0.6 is 12.2 Å². The summed E-state index contributed by atoms with van der Waals surface area (Å²) in [4.78, 5) is 10.2. The summed E-state index contributed by atoms with van der Waals surface area (Å²) in [6, 6.07) is 5.83. The Morgan fingerprint density at radius 3 is 2.71 bits per heavy atom. The number of rotatable bonds is 7. The Morgan fingerprint density at radius 2 is 2.07 bits per heavy atom. The van der Waals surface area contributed by atoms with E-state index >= 15 is 0 Å². The first kappa shape index (κ1) is 21.2. The number of hydrogen-bond acceptors (Lipinski definition) is 7. The number of hydrazone groups is 1. The molecule has 1 aromatic carbocycles. The predicted molar refractivity (Wildman–Crippen MR) is 104 cm³/mol. The molecule has 0 aliphatic rings. The van der Waals surface area contributed by atoms with E-state index in [0.717, 1.165) is 0 Å². The van der Waals surface area contributed by atoms with Crippen LogP contribution in [0.1, 0.15) is 11.1 Å². The van der Waals surface area contributed by atoms with Crippen LogP contribution in [-0.4, -0.2) is 41.8 Å². The zero-order chi connectivity index (χ0) is 20.7. The second kappa shape index (κ2) is 9.17. The number of aromatic nitrogens is 2. The standard InChI is InChI=1S/C16H18F3N7OS/c1-26(2)13-11(9-23-25-14(20)28)8-22-15(24-13)21-7-10-5-3-4-6-12(10)27-16(17,18)19/h3-6,8-9H,7H2,1-2H3,(H3,20,25,28)(H,21,22,24)/b23-9+. The van der Waals surface area contributed by atoms with Crippen LogP contribution in [0.5, 0.6) is 5.75 Å². The molecule has 2 rings (SSSR count). The van der Waals surface area contributed by atoms with Crippen molar-refractivity contribution in [2.24, 2.45) is 10.8 Å². The molecule has 0 bridgehead atoms. The van der Waals surface area contributed by atoms with E-state index in [-0.39, 0.29) is 23.4 Å². The van der Waals surface area contributed by atoms with E-state index in [0.29, 0.717) is 16.9 Å². The monoisotopic (exact) mass is 413 g/mol. The summed E-state index contributed by atoms with van der Waals surface area (Å²) in [7, 11) is 3.55. The molecule has 150 valence electrons. The van der Waals surface area contributed by atoms with Crippen molar-refractivity contribution in [3.05, 3.63) is 41.6 Å². The molecule has 1 aromatic heterocycles. The molecule has 8 nitrogen and oxygen atoms in total. The maximum absolute atomic E-state index is 12.5. The van der Waals surface area contributed by atoms with Crippen molar-refractivity contribution in [2.75, 3.05) is 24.3 Å². The quantitative estimate of drug-likeness (QED) is 0.361. The van der Waals surface area contributed by atoms with Crippen molar-refractivity contribution in [3.8, 4) is 5.75 Å². The number of anilines is 2. The first-order chi connectivity index (χ1) is 13.2. The highest BCUT2D eigenvalue weighted by Gasteiger charge is 2.31. The fourth-order valence-corrected chi connectivity index (χ4v) is 2.18. The number of thiocarbonyl (C=S) groups is 1. The zero-order valence-electron chi connectivity index (χ0n) is 15.0. The lowest BCUT2D eigenvalue weighted by atomic mass is 10.2. The van der Waals surface area contributed by atoms with E-state index in [4.69, 9.17) is 5.73 Å². The van der Waals surface area contributed by atoms with Crippen LogP contribution in [0.15, 0.2) is 35.6 Å². The first-order valence-corrected chi connectivity index (χ1v) is 8.27. The fraction of sp³-hybridized carbons (Fsp3) is 0.250. The van der Waals surface area contributed by atoms with Crippen LogP contribution in [-0.2, 0) is 6.54 Å². The van der Waals surface area contributed by atoms with Crippen molar-refractivity contribution in [3.63, 3.8) is 0 Å². The summed E-state index contributed by atoms with van der Waals surface area (Å²) in [6.45, 7) is 0.0373. The van der Waals surface area contributed by atoms with Gasteiger partial charge in [0.1, 0.15) is 11.6 Å². The number of hydrogen-bond donors (Lipinski definition) is 3. The molecule has 28 heavy (non-hydrogen) atoms. The molecule has 0 atom stereocenters. The number of nitrogens with one attached hydrogen (secondary N) is 2. The highest BCUT2D eigenvalue weighted by Crippen LogP contribution is 2.26. The summed E-state index contributed by atoms with van der Waals surface area (Å²) in [5, 5.41) is 6.76. The van der Waals surface area contributed by atoms with Gasteiger partial charge in [0.05, 0.1) is 11.8 Å². The highest BCUT2D eigenvalue weighted by molar-refractivity contribution is 7.80. The predicted octanol–water partition coefficient (Wildman–Crippen LogP) is 2.22. The molecule has 0 spiro atoms. The van der Waals surface area contributed by atoms with E-state index in [1.54, 1.807) is 25.1 Å². The van der Waals surface area contributed by atoms with Gasteiger partial charge in [0.15, 0.2) is 5.11 Å². The maximum Gasteiger partial charge on any atom is 0.573 e. The summed E-state index contributed by atoms with van der Waals surface area (Å²) < 4.78 is 41.6. The Kier molecular flexibility index (Phi) is 6.93. The molecule has 1 heterocycles. The SMILES string of the molecule is CN(C)c1nc(NCc2ccccc2OC(F)(F)F)ncc1/C=N/NC(N)=S. The topological polar surface area (TPSA) is 101 Å². The second-order valence-electron chi connectivity index (χ2n) is 5.61. The molecule has 0 saturated heterocycles. The number of alkyl halides is 3. The van der Waals surface area contributed by atoms with Crippen LogP contribution < -0.4 is 26.1 Å². The van der Waals surface area contributed by atoms with Gasteiger partial charge in [0, 0.05) is 32.4 Å². The molecule has 0 aliphatic carbocycles. The Bertz CT molecular complexity index is 858. The number of ether oxygens (including phenoxy) is 1. The van der Waals surface area contributed by atoms with Crippen LogP contribution in [0.3, 0.4) is 0 Å². The lowest BCUT2D eigenvalue weighted by Gasteiger charge is -2.16. The number of halogens is 3. The summed E-state index contributed by atoms with van der Waals surface area (Å²) >= 11 is 4.66. The second-order valence-corrected chi connectivity index (χ2v) is 6.05. The van der Waals surface area contributed by atoms with Gasteiger partial charge in [-0.25, -0.2) is 4.98 Å². The van der Waals surface area contributed by atoms with E-state index in [9.17, 15) is 13.2 Å². The van der Waals surface area contributed by atoms with E-state index in [2.05, 4.69) is 42.8 Å². The minimum absolute atomic E-state index is 0.0154. The molecular weight excluding hydrogens is 395 g/mol. The summed E-state index contributed by atoms with van der Waals surface area (Å²) in [5.41, 5.74) is 8.62. The minimum atomic E-state index is -4.77. The molecule has 0 fully saturated rings. The van der Waals surface area contributed by atoms with Crippen LogP contribution in [0.25, 0.3) is 0 Å². The molecule has 12 heteroatoms. The third-order valence-electron chi connectivity index (χ3n) is 3.23. The van der Waals surface area contributed by atoms with Crippen molar-refractivity contribution in [1.82, 2.24) is 15.4 Å². The van der Waals surface area contributed by atoms with E-state index < -0.39 is 6.36 Å². The Morgan fingerprint density at radius 1 is 1.36 bits per heavy atom. The number of benzene rings is 1. The molecule has 0 saturated carbocycles. The Hall–Kier alpha value is -3.15.